The molecule has 0 spiro atoms. The minimum absolute atomic E-state index is 0.228. The molecular formula is C36H36N6O4. The Balaban J connectivity index is 1.18. The van der Waals surface area contributed by atoms with Crippen LogP contribution in [-0.4, -0.2) is 51.2 Å². The third-order valence-corrected chi connectivity index (χ3v) is 8.27. The number of aliphatic hydroxyl groups is 1. The number of aryl methyl sites for hydroxylation is 2. The molecule has 0 unspecified atom stereocenters. The Morgan fingerprint density at radius 3 is 1.67 bits per heavy atom. The first-order chi connectivity index (χ1) is 22.3. The molecule has 0 bridgehead atoms. The fraction of sp³-hybridized carbons (Fsp3) is 0.194. The molecule has 0 aliphatic carbocycles. The molecule has 5 aromatic rings. The zero-order valence-electron chi connectivity index (χ0n) is 25.8. The van der Waals surface area contributed by atoms with E-state index < -0.39 is 0 Å². The third-order valence-electron chi connectivity index (χ3n) is 8.27. The van der Waals surface area contributed by atoms with Crippen molar-refractivity contribution in [2.24, 2.45) is 14.1 Å². The van der Waals surface area contributed by atoms with E-state index in [0.29, 0.717) is 39.7 Å². The highest BCUT2D eigenvalue weighted by Gasteiger charge is 2.23. The van der Waals surface area contributed by atoms with E-state index in [1.165, 1.54) is 0 Å². The van der Waals surface area contributed by atoms with Gasteiger partial charge in [-0.2, -0.15) is 0 Å². The van der Waals surface area contributed by atoms with E-state index in [2.05, 4.69) is 15.5 Å². The molecule has 1 saturated heterocycles. The van der Waals surface area contributed by atoms with Crippen LogP contribution in [-0.2, 0) is 14.1 Å². The monoisotopic (exact) mass is 616 g/mol. The van der Waals surface area contributed by atoms with Crippen molar-refractivity contribution < 1.29 is 19.5 Å². The second-order valence-corrected chi connectivity index (χ2v) is 11.4. The topological polar surface area (TPSA) is 112 Å². The van der Waals surface area contributed by atoms with Crippen LogP contribution in [0.4, 0.5) is 28.4 Å². The number of hydrogen-bond donors (Lipinski definition) is 3. The normalized spacial score (nSPS) is 13.3. The fourth-order valence-electron chi connectivity index (χ4n) is 5.61. The fourth-order valence-corrected chi connectivity index (χ4v) is 5.61. The number of anilines is 5. The van der Waals surface area contributed by atoms with E-state index in [0.717, 1.165) is 31.6 Å². The smallest absolute Gasteiger partial charge is 0.279 e. The van der Waals surface area contributed by atoms with Gasteiger partial charge in [0, 0.05) is 73.6 Å². The highest BCUT2D eigenvalue weighted by molar-refractivity contribution is 6.11. The van der Waals surface area contributed by atoms with Gasteiger partial charge in [-0.1, -0.05) is 0 Å². The Morgan fingerprint density at radius 2 is 1.17 bits per heavy atom. The van der Waals surface area contributed by atoms with Gasteiger partial charge in [-0.3, -0.25) is 19.3 Å². The summed E-state index contributed by atoms with van der Waals surface area (Å²) in [6.45, 7) is 1.58. The summed E-state index contributed by atoms with van der Waals surface area (Å²) >= 11 is 0. The summed E-state index contributed by atoms with van der Waals surface area (Å²) in [5.41, 5.74) is 5.02. The number of nitrogens with zero attached hydrogens (tertiary/aromatic N) is 4. The quantitative estimate of drug-likeness (QED) is 0.204. The van der Waals surface area contributed by atoms with Gasteiger partial charge < -0.3 is 29.8 Å². The van der Waals surface area contributed by atoms with Crippen LogP contribution in [0.1, 0.15) is 44.2 Å². The minimum Gasteiger partial charge on any atom is -0.393 e. The third kappa shape index (κ3) is 6.57. The molecule has 1 fully saturated rings. The van der Waals surface area contributed by atoms with Crippen LogP contribution >= 0.6 is 0 Å². The van der Waals surface area contributed by atoms with Crippen molar-refractivity contribution >= 4 is 46.2 Å². The second kappa shape index (κ2) is 13.2. The average Bonchev–Trinajstić information content (AvgIpc) is 3.71. The van der Waals surface area contributed by atoms with E-state index in [9.17, 15) is 19.5 Å². The number of piperidine rings is 1. The number of amides is 3. The molecule has 3 heterocycles. The van der Waals surface area contributed by atoms with Gasteiger partial charge in [0.05, 0.1) is 6.10 Å². The maximum absolute atomic E-state index is 13.8. The van der Waals surface area contributed by atoms with Crippen molar-refractivity contribution in [1.29, 1.82) is 0 Å². The summed E-state index contributed by atoms with van der Waals surface area (Å²) < 4.78 is 3.51. The van der Waals surface area contributed by atoms with Gasteiger partial charge in [0.25, 0.3) is 17.7 Å². The van der Waals surface area contributed by atoms with Crippen LogP contribution in [0.15, 0.2) is 109 Å². The molecular weight excluding hydrogens is 580 g/mol. The molecule has 10 nitrogen and oxygen atoms in total. The molecule has 0 atom stereocenters. The SMILES string of the molecule is Cn1cccc1C(=O)Nc1ccc(N(C(=O)c2cccn2C)c2ccc(NC(=O)c3ccc(N4CCC(O)CC4)cc3)cc2)cc1. The first kappa shape index (κ1) is 30.4. The van der Waals surface area contributed by atoms with Crippen molar-refractivity contribution in [3.63, 3.8) is 0 Å². The van der Waals surface area contributed by atoms with Crippen molar-refractivity contribution in [2.75, 3.05) is 33.5 Å². The van der Waals surface area contributed by atoms with E-state index >= 15 is 0 Å². The van der Waals surface area contributed by atoms with Crippen LogP contribution in [0, 0.1) is 0 Å². The summed E-state index contributed by atoms with van der Waals surface area (Å²) in [5.74, 6) is -0.695. The van der Waals surface area contributed by atoms with E-state index in [1.807, 2.05) is 50.8 Å². The molecule has 3 amide bonds. The van der Waals surface area contributed by atoms with Gasteiger partial charge in [0.2, 0.25) is 0 Å². The van der Waals surface area contributed by atoms with E-state index in [1.54, 1.807) is 86.8 Å². The molecule has 0 radical (unpaired) electrons. The van der Waals surface area contributed by atoms with Gasteiger partial charge in [-0.25, -0.2) is 0 Å². The number of carbonyl (C=O) groups is 3. The number of aliphatic hydroxyl groups excluding tert-OH is 1. The number of rotatable bonds is 8. The molecule has 3 aromatic carbocycles. The maximum Gasteiger partial charge on any atom is 0.279 e. The van der Waals surface area contributed by atoms with Crippen molar-refractivity contribution in [2.45, 2.75) is 18.9 Å². The highest BCUT2D eigenvalue weighted by atomic mass is 16.3. The predicted octanol–water partition coefficient (Wildman–Crippen LogP) is 5.81. The Bertz CT molecular complexity index is 1830. The summed E-state index contributed by atoms with van der Waals surface area (Å²) in [7, 11) is 3.62. The average molecular weight is 617 g/mol. The molecule has 6 rings (SSSR count). The lowest BCUT2D eigenvalue weighted by molar-refractivity contribution is 0.0988. The zero-order valence-corrected chi connectivity index (χ0v) is 25.8. The maximum atomic E-state index is 13.8. The number of benzene rings is 3. The Kier molecular flexibility index (Phi) is 8.71. The Hall–Kier alpha value is -5.61. The summed E-state index contributed by atoms with van der Waals surface area (Å²) in [4.78, 5) is 43.4. The lowest BCUT2D eigenvalue weighted by Crippen LogP contribution is -2.35. The molecule has 234 valence electrons. The van der Waals surface area contributed by atoms with Crippen molar-refractivity contribution in [1.82, 2.24) is 9.13 Å². The number of nitrogens with one attached hydrogen (secondary N) is 2. The van der Waals surface area contributed by atoms with Gasteiger partial charge >= 0.3 is 0 Å². The molecule has 1 aliphatic heterocycles. The standard InChI is InChI=1S/C36H36N6O4/c1-39-21-3-5-32(39)35(45)38-27-11-17-30(18-12-27)42(36(46)33-6-4-22-40(33)2)29-15-9-26(10-16-29)37-34(44)25-7-13-28(14-8-25)41-23-19-31(43)20-24-41/h3-18,21-22,31,43H,19-20,23-24H2,1-2H3,(H,37,44)(H,38,45). The molecule has 3 N–H and O–H groups in total. The second-order valence-electron chi connectivity index (χ2n) is 11.4. The predicted molar refractivity (Wildman–Crippen MR) is 180 cm³/mol. The summed E-state index contributed by atoms with van der Waals surface area (Å²) in [6.07, 6.45) is 4.87. The Morgan fingerprint density at radius 1 is 0.674 bits per heavy atom. The molecule has 2 aromatic heterocycles. The number of hydrogen-bond acceptors (Lipinski definition) is 5. The number of aromatic nitrogens is 2. The summed E-state index contributed by atoms with van der Waals surface area (Å²) in [5, 5.41) is 15.6. The molecule has 1 aliphatic rings. The first-order valence-corrected chi connectivity index (χ1v) is 15.2. The molecule has 46 heavy (non-hydrogen) atoms. The largest absolute Gasteiger partial charge is 0.393 e. The van der Waals surface area contributed by atoms with Crippen molar-refractivity contribution in [3.8, 4) is 0 Å². The van der Waals surface area contributed by atoms with Gasteiger partial charge in [0.15, 0.2) is 0 Å². The van der Waals surface area contributed by atoms with Crippen LogP contribution in [0.3, 0.4) is 0 Å². The highest BCUT2D eigenvalue weighted by Crippen LogP contribution is 2.30. The van der Waals surface area contributed by atoms with Crippen LogP contribution in [0.5, 0.6) is 0 Å². The first-order valence-electron chi connectivity index (χ1n) is 15.2. The van der Waals surface area contributed by atoms with Crippen LogP contribution < -0.4 is 20.4 Å². The van der Waals surface area contributed by atoms with Crippen molar-refractivity contribution in [3.05, 3.63) is 126 Å². The van der Waals surface area contributed by atoms with Crippen LogP contribution in [0.25, 0.3) is 0 Å². The van der Waals surface area contributed by atoms with E-state index in [-0.39, 0.29) is 23.8 Å². The lowest BCUT2D eigenvalue weighted by Gasteiger charge is -2.31. The lowest BCUT2D eigenvalue weighted by atomic mass is 10.1. The van der Waals surface area contributed by atoms with Crippen LogP contribution in [0.2, 0.25) is 0 Å². The Labute approximate surface area is 267 Å². The van der Waals surface area contributed by atoms with Gasteiger partial charge in [-0.05, 0) is 110 Å². The van der Waals surface area contributed by atoms with Gasteiger partial charge in [-0.15, -0.1) is 0 Å². The summed E-state index contributed by atoms with van der Waals surface area (Å²) in [6, 6.07) is 28.8. The number of carbonyl (C=O) groups excluding carboxylic acids is 3. The molecule has 0 saturated carbocycles. The van der Waals surface area contributed by atoms with E-state index in [4.69, 9.17) is 0 Å². The minimum atomic E-state index is -0.240. The molecule has 10 heteroatoms. The van der Waals surface area contributed by atoms with Gasteiger partial charge in [0.1, 0.15) is 11.4 Å². The zero-order chi connectivity index (χ0) is 32.2.